The molecule has 2 heterocycles. The summed E-state index contributed by atoms with van der Waals surface area (Å²) in [5.74, 6) is 0.596. The van der Waals surface area contributed by atoms with Gasteiger partial charge in [0, 0.05) is 27.8 Å². The Morgan fingerprint density at radius 3 is 2.70 bits per heavy atom. The van der Waals surface area contributed by atoms with Crippen molar-refractivity contribution in [1.29, 1.82) is 0 Å². The number of anilines is 2. The molecule has 0 bridgehead atoms. The lowest BCUT2D eigenvalue weighted by atomic mass is 10.1. The van der Waals surface area contributed by atoms with Crippen molar-refractivity contribution >= 4 is 37.0 Å². The summed E-state index contributed by atoms with van der Waals surface area (Å²) < 4.78 is 13.1. The maximum Gasteiger partial charge on any atom is 0.273 e. The van der Waals surface area contributed by atoms with Crippen LogP contribution in [-0.2, 0) is 11.5 Å². The number of rotatable bonds is 10. The molecule has 33 heavy (non-hydrogen) atoms. The zero-order valence-corrected chi connectivity index (χ0v) is 21.1. The number of carbonyl (C=O) groups excluding carboxylic acids is 1. The van der Waals surface area contributed by atoms with Gasteiger partial charge in [-0.05, 0) is 18.2 Å². The first kappa shape index (κ1) is 24.6. The minimum absolute atomic E-state index is 0.104. The molecule has 0 radical (unpaired) electrons. The van der Waals surface area contributed by atoms with E-state index in [4.69, 9.17) is 21.1 Å². The highest BCUT2D eigenvalue weighted by molar-refractivity contribution is 6.76. The summed E-state index contributed by atoms with van der Waals surface area (Å²) >= 11 is 6.00. The van der Waals surface area contributed by atoms with E-state index in [1.807, 2.05) is 12.1 Å². The van der Waals surface area contributed by atoms with Crippen LogP contribution in [-0.4, -0.2) is 59.7 Å². The third-order valence-corrected chi connectivity index (χ3v) is 6.58. The van der Waals surface area contributed by atoms with Crippen molar-refractivity contribution in [2.24, 2.45) is 0 Å². The number of ether oxygens (including phenoxy) is 2. The Balaban J connectivity index is 1.83. The van der Waals surface area contributed by atoms with Crippen LogP contribution in [0.2, 0.25) is 30.8 Å². The maximum atomic E-state index is 12.2. The molecule has 0 fully saturated rings. The summed E-state index contributed by atoms with van der Waals surface area (Å²) in [7, 11) is 1.92. The van der Waals surface area contributed by atoms with E-state index < -0.39 is 14.0 Å². The quantitative estimate of drug-likeness (QED) is 0.326. The number of aromatic nitrogens is 5. The number of methoxy groups -OCH3 is 1. The Hall–Kier alpha value is -3.02. The van der Waals surface area contributed by atoms with E-state index >= 15 is 0 Å². The predicted octanol–water partition coefficient (Wildman–Crippen LogP) is 3.81. The van der Waals surface area contributed by atoms with E-state index in [-0.39, 0.29) is 10.8 Å². The summed E-state index contributed by atoms with van der Waals surface area (Å²) in [5, 5.41) is 18.0. The molecule has 10 nitrogen and oxygen atoms in total. The van der Waals surface area contributed by atoms with Gasteiger partial charge in [-0.3, -0.25) is 4.79 Å². The summed E-state index contributed by atoms with van der Waals surface area (Å²) in [4.78, 5) is 16.6. The minimum Gasteiger partial charge on any atom is -0.494 e. The Morgan fingerprint density at radius 2 is 2.00 bits per heavy atom. The first-order valence-electron chi connectivity index (χ1n) is 10.4. The van der Waals surface area contributed by atoms with Crippen molar-refractivity contribution in [3.8, 4) is 17.1 Å². The lowest BCUT2D eigenvalue weighted by Gasteiger charge is -2.15. The van der Waals surface area contributed by atoms with Crippen molar-refractivity contribution in [3.05, 3.63) is 41.4 Å². The Labute approximate surface area is 198 Å². The number of hydrogen-bond acceptors (Lipinski definition) is 8. The van der Waals surface area contributed by atoms with Crippen LogP contribution < -0.4 is 15.4 Å². The molecule has 2 aromatic heterocycles. The topological polar surface area (TPSA) is 116 Å². The Morgan fingerprint density at radius 1 is 1.21 bits per heavy atom. The highest BCUT2D eigenvalue weighted by Crippen LogP contribution is 2.37. The lowest BCUT2D eigenvalue weighted by Crippen LogP contribution is -2.22. The number of benzene rings is 1. The van der Waals surface area contributed by atoms with Gasteiger partial charge in [-0.15, -0.1) is 15.3 Å². The second kappa shape index (κ2) is 10.7. The van der Waals surface area contributed by atoms with Crippen LogP contribution >= 0.6 is 11.6 Å². The highest BCUT2D eigenvalue weighted by atomic mass is 35.5. The Bertz CT molecular complexity index is 1120. The van der Waals surface area contributed by atoms with Crippen LogP contribution in [0.25, 0.3) is 11.4 Å². The van der Waals surface area contributed by atoms with Crippen LogP contribution in [0.15, 0.2) is 30.6 Å². The smallest absolute Gasteiger partial charge is 0.273 e. The summed E-state index contributed by atoms with van der Waals surface area (Å²) in [6.45, 7) is 7.96. The zero-order valence-electron chi connectivity index (χ0n) is 19.3. The fourth-order valence-electron chi connectivity index (χ4n) is 2.94. The maximum absolute atomic E-state index is 12.2. The summed E-state index contributed by atoms with van der Waals surface area (Å²) in [6, 6.07) is 8.10. The molecule has 3 aromatic rings. The normalized spacial score (nSPS) is 11.3. The largest absolute Gasteiger partial charge is 0.494 e. The lowest BCUT2D eigenvalue weighted by molar-refractivity contribution is 0.0784. The third-order valence-electron chi connectivity index (χ3n) is 4.69. The second-order valence-electron chi connectivity index (χ2n) is 8.48. The van der Waals surface area contributed by atoms with Crippen LogP contribution in [0.5, 0.6) is 5.75 Å². The first-order valence-corrected chi connectivity index (χ1v) is 14.5. The fourth-order valence-corrected chi connectivity index (χ4v) is 3.85. The molecule has 1 amide bonds. The molecule has 3 rings (SSSR count). The molecular weight excluding hydrogens is 462 g/mol. The van der Waals surface area contributed by atoms with Gasteiger partial charge in [-0.25, -0.2) is 9.67 Å². The van der Waals surface area contributed by atoms with E-state index in [1.54, 1.807) is 24.2 Å². The number of hydrogen-bond donors (Lipinski definition) is 2. The van der Waals surface area contributed by atoms with Crippen molar-refractivity contribution in [1.82, 2.24) is 30.3 Å². The molecule has 0 aliphatic rings. The van der Waals surface area contributed by atoms with Gasteiger partial charge < -0.3 is 20.1 Å². The number of amides is 1. The molecule has 0 saturated heterocycles. The number of para-hydroxylation sites is 1. The van der Waals surface area contributed by atoms with Gasteiger partial charge in [0.05, 0.1) is 24.0 Å². The van der Waals surface area contributed by atoms with Crippen LogP contribution in [0.1, 0.15) is 10.5 Å². The molecule has 176 valence electrons. The number of nitrogens with one attached hydrogen (secondary N) is 2. The van der Waals surface area contributed by atoms with Crippen molar-refractivity contribution in [2.45, 2.75) is 32.4 Å². The van der Waals surface area contributed by atoms with E-state index in [9.17, 15) is 4.79 Å². The van der Waals surface area contributed by atoms with Gasteiger partial charge in [0.15, 0.2) is 22.4 Å². The third kappa shape index (κ3) is 6.50. The minimum atomic E-state index is -1.15. The van der Waals surface area contributed by atoms with Crippen molar-refractivity contribution in [3.63, 3.8) is 0 Å². The van der Waals surface area contributed by atoms with Crippen LogP contribution in [0.3, 0.4) is 0 Å². The number of halogens is 1. The monoisotopic (exact) mass is 489 g/mol. The van der Waals surface area contributed by atoms with E-state index in [0.29, 0.717) is 41.8 Å². The predicted molar refractivity (Wildman–Crippen MR) is 130 cm³/mol. The molecule has 0 spiro atoms. The SMILES string of the molecule is CNC(=O)c1nnc(Cl)cc1Nc1cccc(-c2ncn(COCC[Si](C)(C)C)n2)c1OC. The summed E-state index contributed by atoms with van der Waals surface area (Å²) in [5.41, 5.74) is 1.76. The van der Waals surface area contributed by atoms with E-state index in [0.717, 1.165) is 6.04 Å². The van der Waals surface area contributed by atoms with Gasteiger partial charge in [0.25, 0.3) is 5.91 Å². The van der Waals surface area contributed by atoms with Crippen molar-refractivity contribution in [2.75, 3.05) is 26.1 Å². The number of nitrogens with zero attached hydrogens (tertiary/aromatic N) is 5. The molecule has 2 N–H and O–H groups in total. The second-order valence-corrected chi connectivity index (χ2v) is 14.5. The molecule has 12 heteroatoms. The van der Waals surface area contributed by atoms with Gasteiger partial charge in [-0.2, -0.15) is 0 Å². The van der Waals surface area contributed by atoms with E-state index in [1.165, 1.54) is 13.1 Å². The first-order chi connectivity index (χ1) is 15.7. The molecule has 0 aliphatic carbocycles. The Kier molecular flexibility index (Phi) is 8.00. The molecular formula is C21H28ClN7O3Si. The number of carbonyl (C=O) groups is 1. The zero-order chi connectivity index (χ0) is 24.0. The van der Waals surface area contributed by atoms with Gasteiger partial charge >= 0.3 is 0 Å². The molecule has 0 atom stereocenters. The average molecular weight is 490 g/mol. The van der Waals surface area contributed by atoms with Crippen LogP contribution in [0, 0.1) is 0 Å². The summed E-state index contributed by atoms with van der Waals surface area (Å²) in [6.07, 6.45) is 1.62. The standard InChI is InChI=1S/C21H28ClN7O3Si/c1-23-21(30)18-16(11-17(22)26-27-18)25-15-8-6-7-14(19(15)31-2)20-24-12-29(28-20)13-32-9-10-33(3,4)5/h6-8,11-12H,9-10,13H2,1-5H3,(H,23,30)(H,25,26). The fraction of sp³-hybridized carbons (Fsp3) is 0.381. The highest BCUT2D eigenvalue weighted by Gasteiger charge is 2.19. The molecule has 0 aliphatic heterocycles. The van der Waals surface area contributed by atoms with Crippen molar-refractivity contribution < 1.29 is 14.3 Å². The van der Waals surface area contributed by atoms with Gasteiger partial charge in [0.2, 0.25) is 0 Å². The molecule has 0 saturated carbocycles. The van der Waals surface area contributed by atoms with Crippen LogP contribution in [0.4, 0.5) is 11.4 Å². The molecule has 1 aromatic carbocycles. The average Bonchev–Trinajstić information content (AvgIpc) is 3.24. The molecule has 0 unspecified atom stereocenters. The van der Waals surface area contributed by atoms with Gasteiger partial charge in [0.1, 0.15) is 13.1 Å². The van der Waals surface area contributed by atoms with Gasteiger partial charge in [-0.1, -0.05) is 37.3 Å². The van der Waals surface area contributed by atoms with E-state index in [2.05, 4.69) is 50.6 Å².